The van der Waals surface area contributed by atoms with Crippen LogP contribution in [0, 0.1) is 18.6 Å². The number of methoxy groups -OCH3 is 1. The van der Waals surface area contributed by atoms with Crippen LogP contribution in [0.5, 0.6) is 5.75 Å². The zero-order chi connectivity index (χ0) is 14.7. The first kappa shape index (κ1) is 14.2. The average molecular weight is 276 g/mol. The highest BCUT2D eigenvalue weighted by Crippen LogP contribution is 2.21. The predicted molar refractivity (Wildman–Crippen MR) is 72.1 cm³/mol. The maximum atomic E-state index is 13.5. The molecule has 0 amide bonds. The molecule has 0 saturated carbocycles. The maximum absolute atomic E-state index is 13.5. The highest BCUT2D eigenvalue weighted by Gasteiger charge is 2.14. The number of hydrogen-bond acceptors (Lipinski definition) is 2. The molecule has 2 rings (SSSR count). The van der Waals surface area contributed by atoms with Crippen molar-refractivity contribution < 1.29 is 18.3 Å². The fourth-order valence-corrected chi connectivity index (χ4v) is 1.95. The minimum absolute atomic E-state index is 0.0505. The van der Waals surface area contributed by atoms with E-state index in [0.29, 0.717) is 11.3 Å². The summed E-state index contributed by atoms with van der Waals surface area (Å²) in [6.07, 6.45) is -0.185. The van der Waals surface area contributed by atoms with Crippen molar-refractivity contribution in [3.63, 3.8) is 0 Å². The Labute approximate surface area is 116 Å². The number of halogens is 2. The van der Waals surface area contributed by atoms with Gasteiger partial charge in [-0.25, -0.2) is 8.78 Å². The lowest BCUT2D eigenvalue weighted by molar-refractivity contribution is 0.0991. The largest absolute Gasteiger partial charge is 0.496 e. The fraction of sp³-hybridized carbons (Fsp3) is 0.188. The highest BCUT2D eigenvalue weighted by atomic mass is 19.2. The molecule has 0 fully saturated rings. The third-order valence-electron chi connectivity index (χ3n) is 3.11. The molecule has 2 aromatic carbocycles. The normalized spacial score (nSPS) is 10.4. The molecule has 0 N–H and O–H groups in total. The summed E-state index contributed by atoms with van der Waals surface area (Å²) in [5.41, 5.74) is 1.37. The molecule has 0 aromatic heterocycles. The van der Waals surface area contributed by atoms with Gasteiger partial charge in [0.05, 0.1) is 7.11 Å². The van der Waals surface area contributed by atoms with E-state index in [2.05, 4.69) is 0 Å². The quantitative estimate of drug-likeness (QED) is 0.796. The van der Waals surface area contributed by atoms with Crippen molar-refractivity contribution in [2.24, 2.45) is 0 Å². The van der Waals surface area contributed by atoms with Crippen LogP contribution in [0.3, 0.4) is 0 Å². The average Bonchev–Trinajstić information content (AvgIpc) is 2.44. The molecule has 0 radical (unpaired) electrons. The Morgan fingerprint density at radius 1 is 1.20 bits per heavy atom. The standard InChI is InChI=1S/C16H14F2O2/c1-10-6-7-11(9-15(10)20-2)14(19)8-12-4-3-5-13(17)16(12)18/h3-7,9H,8H2,1-2H3. The van der Waals surface area contributed by atoms with E-state index in [1.54, 1.807) is 18.2 Å². The maximum Gasteiger partial charge on any atom is 0.167 e. The van der Waals surface area contributed by atoms with Crippen LogP contribution in [-0.2, 0) is 6.42 Å². The second kappa shape index (κ2) is 5.82. The van der Waals surface area contributed by atoms with Gasteiger partial charge in [0.15, 0.2) is 17.4 Å². The van der Waals surface area contributed by atoms with Gasteiger partial charge in [-0.3, -0.25) is 4.79 Å². The SMILES string of the molecule is COc1cc(C(=O)Cc2cccc(F)c2F)ccc1C. The lowest BCUT2D eigenvalue weighted by Crippen LogP contribution is -2.06. The van der Waals surface area contributed by atoms with Gasteiger partial charge < -0.3 is 4.74 Å². The van der Waals surface area contributed by atoms with Crippen molar-refractivity contribution in [2.45, 2.75) is 13.3 Å². The summed E-state index contributed by atoms with van der Waals surface area (Å²) < 4.78 is 31.8. The number of ether oxygens (including phenoxy) is 1. The number of carbonyl (C=O) groups excluding carboxylic acids is 1. The first-order valence-electron chi connectivity index (χ1n) is 6.13. The van der Waals surface area contributed by atoms with Gasteiger partial charge in [0.2, 0.25) is 0 Å². The fourth-order valence-electron chi connectivity index (χ4n) is 1.95. The summed E-state index contributed by atoms with van der Waals surface area (Å²) in [5.74, 6) is -1.61. The molecule has 0 unspecified atom stereocenters. The third kappa shape index (κ3) is 2.85. The van der Waals surface area contributed by atoms with Crippen LogP contribution >= 0.6 is 0 Å². The monoisotopic (exact) mass is 276 g/mol. The first-order chi connectivity index (χ1) is 9.52. The van der Waals surface area contributed by atoms with Gasteiger partial charge in [0, 0.05) is 12.0 Å². The Balaban J connectivity index is 2.26. The van der Waals surface area contributed by atoms with Gasteiger partial charge in [-0.2, -0.15) is 0 Å². The molecular formula is C16H14F2O2. The molecule has 2 nitrogen and oxygen atoms in total. The van der Waals surface area contributed by atoms with E-state index in [4.69, 9.17) is 4.74 Å². The van der Waals surface area contributed by atoms with Gasteiger partial charge in [-0.05, 0) is 30.2 Å². The van der Waals surface area contributed by atoms with Crippen LogP contribution in [-0.4, -0.2) is 12.9 Å². The minimum atomic E-state index is -0.972. The Morgan fingerprint density at radius 2 is 1.95 bits per heavy atom. The molecule has 0 saturated heterocycles. The molecule has 0 spiro atoms. The highest BCUT2D eigenvalue weighted by molar-refractivity contribution is 5.98. The summed E-state index contributed by atoms with van der Waals surface area (Å²) in [6, 6.07) is 8.83. The van der Waals surface area contributed by atoms with Crippen molar-refractivity contribution in [2.75, 3.05) is 7.11 Å². The topological polar surface area (TPSA) is 26.3 Å². The number of Topliss-reactive ketones (excluding diaryl/α,β-unsaturated/α-hetero) is 1. The molecule has 4 heteroatoms. The summed E-state index contributed by atoms with van der Waals surface area (Å²) in [4.78, 5) is 12.1. The van der Waals surface area contributed by atoms with E-state index in [-0.39, 0.29) is 17.8 Å². The van der Waals surface area contributed by atoms with E-state index < -0.39 is 11.6 Å². The number of hydrogen-bond donors (Lipinski definition) is 0. The van der Waals surface area contributed by atoms with Gasteiger partial charge in [0.25, 0.3) is 0 Å². The number of carbonyl (C=O) groups is 1. The van der Waals surface area contributed by atoms with Gasteiger partial charge in [-0.15, -0.1) is 0 Å². The van der Waals surface area contributed by atoms with E-state index in [9.17, 15) is 13.6 Å². The van der Waals surface area contributed by atoms with Crippen LogP contribution in [0.15, 0.2) is 36.4 Å². The zero-order valence-corrected chi connectivity index (χ0v) is 11.2. The van der Waals surface area contributed by atoms with E-state index in [1.165, 1.54) is 19.2 Å². The lowest BCUT2D eigenvalue weighted by atomic mass is 10.0. The zero-order valence-electron chi connectivity index (χ0n) is 11.2. The summed E-state index contributed by atoms with van der Waals surface area (Å²) in [7, 11) is 1.52. The number of benzene rings is 2. The van der Waals surface area contributed by atoms with Crippen molar-refractivity contribution >= 4 is 5.78 Å². The molecule has 0 aliphatic rings. The first-order valence-corrected chi connectivity index (χ1v) is 6.13. The molecule has 104 valence electrons. The van der Waals surface area contributed by atoms with Crippen LogP contribution in [0.4, 0.5) is 8.78 Å². The van der Waals surface area contributed by atoms with Gasteiger partial charge in [0.1, 0.15) is 5.75 Å². The van der Waals surface area contributed by atoms with Crippen molar-refractivity contribution in [3.05, 3.63) is 64.7 Å². The summed E-state index contributed by atoms with van der Waals surface area (Å²) in [6.45, 7) is 1.86. The molecule has 20 heavy (non-hydrogen) atoms. The molecule has 2 aromatic rings. The predicted octanol–water partition coefficient (Wildman–Crippen LogP) is 3.71. The van der Waals surface area contributed by atoms with Crippen LogP contribution in [0.25, 0.3) is 0 Å². The molecule has 0 aliphatic heterocycles. The number of aryl methyl sites for hydroxylation is 1. The summed E-state index contributed by atoms with van der Waals surface area (Å²) in [5, 5.41) is 0. The Bertz CT molecular complexity index is 651. The second-order valence-electron chi connectivity index (χ2n) is 4.50. The third-order valence-corrected chi connectivity index (χ3v) is 3.11. The Morgan fingerprint density at radius 3 is 2.65 bits per heavy atom. The molecular weight excluding hydrogens is 262 g/mol. The van der Waals surface area contributed by atoms with Gasteiger partial charge in [-0.1, -0.05) is 24.3 Å². The molecule has 0 atom stereocenters. The summed E-state index contributed by atoms with van der Waals surface area (Å²) >= 11 is 0. The van der Waals surface area contributed by atoms with Crippen LogP contribution < -0.4 is 4.74 Å². The lowest BCUT2D eigenvalue weighted by Gasteiger charge is -2.08. The smallest absolute Gasteiger partial charge is 0.167 e. The van der Waals surface area contributed by atoms with Crippen LogP contribution in [0.1, 0.15) is 21.5 Å². The van der Waals surface area contributed by atoms with Crippen LogP contribution in [0.2, 0.25) is 0 Å². The Kier molecular flexibility index (Phi) is 4.13. The van der Waals surface area contributed by atoms with Crippen molar-refractivity contribution in [1.82, 2.24) is 0 Å². The van der Waals surface area contributed by atoms with E-state index in [1.807, 2.05) is 6.92 Å². The van der Waals surface area contributed by atoms with E-state index in [0.717, 1.165) is 11.6 Å². The molecule has 0 heterocycles. The minimum Gasteiger partial charge on any atom is -0.496 e. The Hall–Kier alpha value is -2.23. The second-order valence-corrected chi connectivity index (χ2v) is 4.50. The number of ketones is 1. The number of rotatable bonds is 4. The van der Waals surface area contributed by atoms with Crippen molar-refractivity contribution in [3.8, 4) is 5.75 Å². The van der Waals surface area contributed by atoms with E-state index >= 15 is 0 Å². The molecule has 0 aliphatic carbocycles. The van der Waals surface area contributed by atoms with Crippen molar-refractivity contribution in [1.29, 1.82) is 0 Å². The molecule has 0 bridgehead atoms. The van der Waals surface area contributed by atoms with Gasteiger partial charge >= 0.3 is 0 Å².